The molecule has 0 heterocycles. The van der Waals surface area contributed by atoms with Crippen LogP contribution in [0, 0.1) is 0 Å². The van der Waals surface area contributed by atoms with Crippen LogP contribution in [0.15, 0.2) is 152 Å². The van der Waals surface area contributed by atoms with Gasteiger partial charge in [-0.25, -0.2) is 0 Å². The fourth-order valence-electron chi connectivity index (χ4n) is 7.18. The molecule has 0 saturated carbocycles. The second kappa shape index (κ2) is 8.16. The van der Waals surface area contributed by atoms with E-state index in [4.69, 9.17) is 0 Å². The van der Waals surface area contributed by atoms with E-state index >= 15 is 0 Å². The van der Waals surface area contributed by atoms with Gasteiger partial charge in [0.2, 0.25) is 0 Å². The molecule has 0 spiro atoms. The Balaban J connectivity index is 1.43. The van der Waals surface area contributed by atoms with Gasteiger partial charge in [0, 0.05) is 5.92 Å². The van der Waals surface area contributed by atoms with Gasteiger partial charge >= 0.3 is 0 Å². The second-order valence-electron chi connectivity index (χ2n) is 10.4. The lowest BCUT2D eigenvalue weighted by atomic mass is 9.67. The lowest BCUT2D eigenvalue weighted by molar-refractivity contribution is 0.765. The number of benzene rings is 6. The van der Waals surface area contributed by atoms with Crippen molar-refractivity contribution in [3.63, 3.8) is 0 Å². The predicted octanol–water partition coefficient (Wildman–Crippen LogP) is 9.21. The molecule has 0 bridgehead atoms. The summed E-state index contributed by atoms with van der Waals surface area (Å²) in [6.07, 6.45) is 0. The quantitative estimate of drug-likeness (QED) is 0.235. The molecule has 0 atom stereocenters. The van der Waals surface area contributed by atoms with Crippen molar-refractivity contribution in [2.75, 3.05) is 0 Å². The fraction of sp³-hybridized carbons (Fsp3) is 0.0526. The Bertz CT molecular complexity index is 1730. The lowest BCUT2D eigenvalue weighted by Gasteiger charge is -2.34. The molecule has 0 radical (unpaired) electrons. The molecule has 178 valence electrons. The van der Waals surface area contributed by atoms with Crippen molar-refractivity contribution in [1.82, 2.24) is 0 Å². The summed E-state index contributed by atoms with van der Waals surface area (Å²) < 4.78 is 0. The van der Waals surface area contributed by atoms with Gasteiger partial charge in [-0.1, -0.05) is 152 Å². The molecule has 0 aliphatic heterocycles. The molecule has 0 saturated heterocycles. The first kappa shape index (κ1) is 21.4. The number of hydrogen-bond acceptors (Lipinski definition) is 0. The third-order valence-electron chi connectivity index (χ3n) is 8.65. The highest BCUT2D eigenvalue weighted by Gasteiger charge is 2.46. The Morgan fingerprint density at radius 1 is 0.368 bits per heavy atom. The molecule has 0 fully saturated rings. The maximum Gasteiger partial charge on any atom is 0.0713 e. The van der Waals surface area contributed by atoms with E-state index in [1.54, 1.807) is 0 Å². The lowest BCUT2D eigenvalue weighted by Crippen LogP contribution is -2.28. The molecule has 6 aromatic carbocycles. The van der Waals surface area contributed by atoms with E-state index in [9.17, 15) is 0 Å². The minimum absolute atomic E-state index is 0.224. The molecule has 2 aliphatic rings. The van der Waals surface area contributed by atoms with Crippen LogP contribution in [0.2, 0.25) is 0 Å². The van der Waals surface area contributed by atoms with E-state index in [0.29, 0.717) is 0 Å². The largest absolute Gasteiger partial charge is 0.0713 e. The zero-order chi connectivity index (χ0) is 25.1. The van der Waals surface area contributed by atoms with Gasteiger partial charge in [0.25, 0.3) is 0 Å². The topological polar surface area (TPSA) is 0 Å². The number of fused-ring (bicyclic) bond motifs is 6. The van der Waals surface area contributed by atoms with Crippen molar-refractivity contribution in [1.29, 1.82) is 0 Å². The van der Waals surface area contributed by atoms with Gasteiger partial charge in [0.05, 0.1) is 5.41 Å². The third kappa shape index (κ3) is 2.80. The first-order valence-corrected chi connectivity index (χ1v) is 13.4. The highest BCUT2D eigenvalue weighted by molar-refractivity contribution is 5.86. The van der Waals surface area contributed by atoms with E-state index in [2.05, 4.69) is 152 Å². The monoisotopic (exact) mass is 482 g/mol. The summed E-state index contributed by atoms with van der Waals surface area (Å²) in [5.41, 5.74) is 14.5. The first-order chi connectivity index (χ1) is 18.9. The predicted molar refractivity (Wildman–Crippen MR) is 157 cm³/mol. The van der Waals surface area contributed by atoms with Gasteiger partial charge in [-0.15, -0.1) is 0 Å². The summed E-state index contributed by atoms with van der Waals surface area (Å²) in [5, 5.41) is 0. The zero-order valence-corrected chi connectivity index (χ0v) is 21.0. The van der Waals surface area contributed by atoms with E-state index in [-0.39, 0.29) is 11.3 Å². The van der Waals surface area contributed by atoms with Crippen LogP contribution in [-0.2, 0) is 5.41 Å². The summed E-state index contributed by atoms with van der Waals surface area (Å²) in [5.74, 6) is 0.224. The zero-order valence-electron chi connectivity index (χ0n) is 21.0. The minimum atomic E-state index is -0.373. The van der Waals surface area contributed by atoms with E-state index in [1.165, 1.54) is 61.2 Å². The van der Waals surface area contributed by atoms with E-state index < -0.39 is 0 Å². The second-order valence-corrected chi connectivity index (χ2v) is 10.4. The van der Waals surface area contributed by atoms with Crippen LogP contribution in [-0.4, -0.2) is 0 Å². The molecule has 8 rings (SSSR count). The van der Waals surface area contributed by atoms with Gasteiger partial charge in [0.15, 0.2) is 0 Å². The van der Waals surface area contributed by atoms with Crippen molar-refractivity contribution < 1.29 is 0 Å². The standard InChI is InChI=1S/C38H26/c1-2-14-27(15-3-1)38(35-23-10-8-19-31(35)32-20-9-11-24-36(32)38)28-16-12-13-26(25-28)37-33-21-6-4-17-29(33)30-18-5-7-22-34(30)37/h1-25,37H. The average molecular weight is 483 g/mol. The molecular weight excluding hydrogens is 456 g/mol. The van der Waals surface area contributed by atoms with Crippen LogP contribution in [0.25, 0.3) is 22.3 Å². The highest BCUT2D eigenvalue weighted by atomic mass is 14.5. The van der Waals surface area contributed by atoms with Crippen molar-refractivity contribution in [3.8, 4) is 22.3 Å². The Morgan fingerprint density at radius 2 is 0.842 bits per heavy atom. The molecule has 0 aromatic heterocycles. The first-order valence-electron chi connectivity index (χ1n) is 13.4. The molecule has 0 amide bonds. The normalized spacial score (nSPS) is 14.4. The van der Waals surface area contributed by atoms with Crippen LogP contribution >= 0.6 is 0 Å². The minimum Gasteiger partial charge on any atom is -0.0622 e. The summed E-state index contributed by atoms with van der Waals surface area (Å²) in [4.78, 5) is 0. The molecular formula is C38H26. The summed E-state index contributed by atoms with van der Waals surface area (Å²) in [6.45, 7) is 0. The summed E-state index contributed by atoms with van der Waals surface area (Å²) >= 11 is 0. The Hall–Kier alpha value is -4.68. The molecule has 38 heavy (non-hydrogen) atoms. The van der Waals surface area contributed by atoms with Gasteiger partial charge in [-0.05, 0) is 61.2 Å². The average Bonchev–Trinajstić information content (AvgIpc) is 3.49. The van der Waals surface area contributed by atoms with Crippen LogP contribution in [0.5, 0.6) is 0 Å². The highest BCUT2D eigenvalue weighted by Crippen LogP contribution is 2.56. The van der Waals surface area contributed by atoms with Gasteiger partial charge in [-0.2, -0.15) is 0 Å². The maximum absolute atomic E-state index is 2.48. The van der Waals surface area contributed by atoms with Crippen molar-refractivity contribution >= 4 is 0 Å². The van der Waals surface area contributed by atoms with Crippen molar-refractivity contribution in [2.45, 2.75) is 11.3 Å². The van der Waals surface area contributed by atoms with Gasteiger partial charge < -0.3 is 0 Å². The molecule has 0 N–H and O–H groups in total. The number of rotatable bonds is 3. The Labute approximate surface area is 223 Å². The number of hydrogen-bond donors (Lipinski definition) is 0. The molecule has 0 unspecified atom stereocenters. The van der Waals surface area contributed by atoms with Gasteiger partial charge in [-0.3, -0.25) is 0 Å². The SMILES string of the molecule is c1ccc(C2(c3cccc(C4c5ccccc5-c5ccccc54)c3)c3ccccc3-c3ccccc32)cc1. The van der Waals surface area contributed by atoms with E-state index in [1.807, 2.05) is 0 Å². The van der Waals surface area contributed by atoms with E-state index in [0.717, 1.165) is 0 Å². The van der Waals surface area contributed by atoms with Gasteiger partial charge in [0.1, 0.15) is 0 Å². The molecule has 0 nitrogen and oxygen atoms in total. The molecule has 0 heteroatoms. The Kier molecular flexibility index (Phi) is 4.60. The molecule has 2 aliphatic carbocycles. The molecule has 6 aromatic rings. The van der Waals surface area contributed by atoms with Crippen molar-refractivity contribution in [3.05, 3.63) is 191 Å². The van der Waals surface area contributed by atoms with Crippen LogP contribution in [0.3, 0.4) is 0 Å². The third-order valence-corrected chi connectivity index (χ3v) is 8.65. The van der Waals surface area contributed by atoms with Crippen LogP contribution in [0.4, 0.5) is 0 Å². The van der Waals surface area contributed by atoms with Crippen LogP contribution < -0.4 is 0 Å². The van der Waals surface area contributed by atoms with Crippen LogP contribution in [0.1, 0.15) is 44.9 Å². The fourth-order valence-corrected chi connectivity index (χ4v) is 7.18. The van der Waals surface area contributed by atoms with Crippen molar-refractivity contribution in [2.24, 2.45) is 0 Å². The summed E-state index contributed by atoms with van der Waals surface area (Å²) in [7, 11) is 0. The summed E-state index contributed by atoms with van der Waals surface area (Å²) in [6, 6.07) is 56.2. The smallest absolute Gasteiger partial charge is 0.0622 e. The maximum atomic E-state index is 2.48. The Morgan fingerprint density at radius 3 is 1.45 bits per heavy atom.